The third-order valence-corrected chi connectivity index (χ3v) is 39.0. The topological polar surface area (TPSA) is 17.1 Å². The maximum atomic E-state index is 13.3. The van der Waals surface area contributed by atoms with E-state index in [-0.39, 0.29) is 0 Å². The summed E-state index contributed by atoms with van der Waals surface area (Å²) >= 11 is 13.0. The molecule has 0 fully saturated rings. The molecule has 0 aromatic heterocycles. The zero-order valence-corrected chi connectivity index (χ0v) is 19.2. The fraction of sp³-hybridized carbons (Fsp3) is 0.923. The quantitative estimate of drug-likeness (QED) is 0.318. The first kappa shape index (κ1) is 20.7. The Morgan fingerprint density at radius 3 is 1.32 bits per heavy atom. The van der Waals surface area contributed by atoms with Gasteiger partial charge in [-0.3, -0.25) is 0 Å². The number of carbonyl (C=O) groups is 1. The SMILES string of the molecule is CC[AsH](CC)(CC)C(=O)[AsH](CC)(CC)CC(Cl)(Cl)Cl. The van der Waals surface area contributed by atoms with Crippen molar-refractivity contribution in [1.29, 1.82) is 0 Å². The first-order chi connectivity index (χ1) is 8.67. The van der Waals surface area contributed by atoms with Gasteiger partial charge in [0.15, 0.2) is 0 Å². The monoisotopic (exact) mass is 456 g/mol. The van der Waals surface area contributed by atoms with Gasteiger partial charge in [0, 0.05) is 0 Å². The summed E-state index contributed by atoms with van der Waals surface area (Å²) in [4.78, 5) is 13.3. The fourth-order valence-corrected chi connectivity index (χ4v) is 42.9. The van der Waals surface area contributed by atoms with Gasteiger partial charge in [-0.2, -0.15) is 0 Å². The van der Waals surface area contributed by atoms with Crippen LogP contribution in [0.15, 0.2) is 0 Å². The normalized spacial score (nSPS) is 15.4. The molecule has 0 radical (unpaired) electrons. The molecular formula is C13H29As2Cl3O. The van der Waals surface area contributed by atoms with Crippen LogP contribution < -0.4 is 0 Å². The average molecular weight is 458 g/mol. The number of alkyl halides is 3. The summed E-state index contributed by atoms with van der Waals surface area (Å²) in [7, 11) is 0. The second-order valence-corrected chi connectivity index (χ2v) is 31.0. The van der Waals surface area contributed by atoms with Crippen LogP contribution in [-0.2, 0) is 0 Å². The molecule has 0 amide bonds. The Labute approximate surface area is 139 Å². The Hall–Kier alpha value is 1.66. The summed E-state index contributed by atoms with van der Waals surface area (Å²) in [6, 6.07) is 0. The first-order valence-electron chi connectivity index (χ1n) is 7.28. The second-order valence-electron chi connectivity index (χ2n) is 5.45. The van der Waals surface area contributed by atoms with Crippen molar-refractivity contribution in [2.75, 3.05) is 0 Å². The molecular weight excluding hydrogens is 428 g/mol. The average Bonchev–Trinajstić information content (AvgIpc) is 2.37. The molecule has 0 heterocycles. The number of halogens is 3. The van der Waals surface area contributed by atoms with Crippen LogP contribution in [0, 0.1) is 0 Å². The van der Waals surface area contributed by atoms with Gasteiger partial charge in [-0.05, 0) is 0 Å². The molecule has 0 atom stereocenters. The van der Waals surface area contributed by atoms with E-state index in [4.69, 9.17) is 34.8 Å². The second kappa shape index (κ2) is 8.33. The molecule has 0 unspecified atom stereocenters. The van der Waals surface area contributed by atoms with Crippen molar-refractivity contribution in [1.82, 2.24) is 0 Å². The Bertz CT molecular complexity index is 286. The Morgan fingerprint density at radius 1 is 0.789 bits per heavy atom. The van der Waals surface area contributed by atoms with Gasteiger partial charge < -0.3 is 0 Å². The third kappa shape index (κ3) is 5.10. The van der Waals surface area contributed by atoms with Crippen LogP contribution in [0.25, 0.3) is 0 Å². The van der Waals surface area contributed by atoms with Crippen LogP contribution in [0.4, 0.5) is 4.79 Å². The van der Waals surface area contributed by atoms with Gasteiger partial charge in [-0.1, -0.05) is 0 Å². The van der Waals surface area contributed by atoms with E-state index in [0.29, 0.717) is 8.57 Å². The van der Waals surface area contributed by atoms with Crippen LogP contribution in [0.2, 0.25) is 31.3 Å². The molecule has 0 aromatic rings. The van der Waals surface area contributed by atoms with Crippen molar-refractivity contribution in [3.05, 3.63) is 0 Å². The van der Waals surface area contributed by atoms with Gasteiger partial charge in [0.05, 0.1) is 0 Å². The van der Waals surface area contributed by atoms with Crippen molar-refractivity contribution in [3.8, 4) is 0 Å². The maximum absolute atomic E-state index is 13.3. The van der Waals surface area contributed by atoms with E-state index >= 15 is 0 Å². The van der Waals surface area contributed by atoms with E-state index < -0.39 is 30.9 Å². The molecule has 0 spiro atoms. The first-order valence-corrected chi connectivity index (χ1v) is 19.4. The van der Waals surface area contributed by atoms with Gasteiger partial charge >= 0.3 is 140 Å². The predicted molar refractivity (Wildman–Crippen MR) is 97.2 cm³/mol. The molecule has 118 valence electrons. The van der Waals surface area contributed by atoms with Crippen molar-refractivity contribution in [3.63, 3.8) is 0 Å². The van der Waals surface area contributed by atoms with E-state index in [0.717, 1.165) is 26.0 Å². The molecule has 19 heavy (non-hydrogen) atoms. The zero-order chi connectivity index (χ0) is 15.3. The number of carbonyl (C=O) groups excluding carboxylic acids is 1. The minimum absolute atomic E-state index is 0.538. The molecule has 0 aliphatic rings. The van der Waals surface area contributed by atoms with Gasteiger partial charge in [-0.25, -0.2) is 0 Å². The minimum atomic E-state index is -2.73. The molecule has 0 saturated carbocycles. The van der Waals surface area contributed by atoms with Crippen LogP contribution in [0.1, 0.15) is 34.6 Å². The van der Waals surface area contributed by atoms with Crippen molar-refractivity contribution in [2.45, 2.75) is 69.7 Å². The van der Waals surface area contributed by atoms with Crippen LogP contribution in [-0.4, -0.2) is 34.3 Å². The van der Waals surface area contributed by atoms with Crippen molar-refractivity contribution >= 4 is 65.3 Å². The summed E-state index contributed by atoms with van der Waals surface area (Å²) < 4.78 is -0.603. The summed E-state index contributed by atoms with van der Waals surface area (Å²) in [5, 5.41) is 5.69. The molecule has 6 heteroatoms. The van der Waals surface area contributed by atoms with Gasteiger partial charge in [0.25, 0.3) is 0 Å². The summed E-state index contributed by atoms with van der Waals surface area (Å²) in [6.07, 6.45) is 0. The summed E-state index contributed by atoms with van der Waals surface area (Å²) in [5.74, 6) is 0. The van der Waals surface area contributed by atoms with E-state index in [1.807, 2.05) is 0 Å². The van der Waals surface area contributed by atoms with Crippen molar-refractivity contribution < 1.29 is 4.79 Å². The number of hydrogen-bond donors (Lipinski definition) is 0. The molecule has 0 aromatic carbocycles. The van der Waals surface area contributed by atoms with Gasteiger partial charge in [0.2, 0.25) is 0 Å². The van der Waals surface area contributed by atoms with Gasteiger partial charge in [0.1, 0.15) is 0 Å². The Morgan fingerprint density at radius 2 is 1.11 bits per heavy atom. The molecule has 0 aliphatic heterocycles. The number of hydrogen-bond acceptors (Lipinski definition) is 1. The van der Waals surface area contributed by atoms with Gasteiger partial charge in [-0.15, -0.1) is 0 Å². The molecule has 0 aliphatic carbocycles. The van der Waals surface area contributed by atoms with Crippen LogP contribution in [0.3, 0.4) is 0 Å². The van der Waals surface area contributed by atoms with Crippen LogP contribution in [0.5, 0.6) is 0 Å². The summed E-state index contributed by atoms with van der Waals surface area (Å²) in [6.45, 7) is 10.8. The Balaban J connectivity index is 5.56. The Kier molecular flexibility index (Phi) is 9.06. The fourth-order valence-electron chi connectivity index (χ4n) is 3.08. The number of rotatable bonds is 8. The molecule has 0 N–H and O–H groups in total. The molecule has 0 rings (SSSR count). The van der Waals surface area contributed by atoms with E-state index in [9.17, 15) is 4.79 Å². The predicted octanol–water partition coefficient (Wildman–Crippen LogP) is 6.10. The van der Waals surface area contributed by atoms with E-state index in [2.05, 4.69) is 34.6 Å². The molecule has 0 bridgehead atoms. The molecule has 0 saturated heterocycles. The summed E-state index contributed by atoms with van der Waals surface area (Å²) in [5.41, 5.74) is 0. The van der Waals surface area contributed by atoms with Crippen LogP contribution >= 0.6 is 34.8 Å². The van der Waals surface area contributed by atoms with Crippen molar-refractivity contribution in [2.24, 2.45) is 0 Å². The van der Waals surface area contributed by atoms with E-state index in [1.165, 1.54) is 0 Å². The third-order valence-electron chi connectivity index (χ3n) is 4.89. The molecule has 1 nitrogen and oxygen atoms in total. The standard InChI is InChI=1S/C13H29As2Cl3O/c1-6-14(7-2,8-3)12(19)15(9-4,10-5)11-13(16,17)18/h14-15H,6-11H2,1-5H3. The zero-order valence-electron chi connectivity index (χ0n) is 12.8. The van der Waals surface area contributed by atoms with E-state index in [1.54, 1.807) is 0 Å².